The molecule has 3 aromatic heterocycles. The number of alkyl halides is 3. The molecule has 2 N–H and O–H groups in total. The zero-order valence-electron chi connectivity index (χ0n) is 22.8. The van der Waals surface area contributed by atoms with Crippen molar-refractivity contribution in [3.05, 3.63) is 74.0 Å². The summed E-state index contributed by atoms with van der Waals surface area (Å²) in [5.41, 5.74) is 0.555. The van der Waals surface area contributed by atoms with Gasteiger partial charge in [-0.2, -0.15) is 13.2 Å². The van der Waals surface area contributed by atoms with Crippen molar-refractivity contribution in [1.82, 2.24) is 20.1 Å². The average Bonchev–Trinajstić information content (AvgIpc) is 3.73. The lowest BCUT2D eigenvalue weighted by atomic mass is 9.95. The summed E-state index contributed by atoms with van der Waals surface area (Å²) in [6.45, 7) is 1.80. The van der Waals surface area contributed by atoms with E-state index in [2.05, 4.69) is 20.8 Å². The van der Waals surface area contributed by atoms with Crippen molar-refractivity contribution in [3.63, 3.8) is 0 Å². The van der Waals surface area contributed by atoms with Gasteiger partial charge in [-0.05, 0) is 67.8 Å². The predicted molar refractivity (Wildman–Crippen MR) is 158 cm³/mol. The first kappa shape index (κ1) is 30.8. The molecule has 0 bridgehead atoms. The first-order valence-electron chi connectivity index (χ1n) is 13.3. The van der Waals surface area contributed by atoms with Gasteiger partial charge in [-0.3, -0.25) is 14.2 Å². The summed E-state index contributed by atoms with van der Waals surface area (Å²) in [7, 11) is 0. The van der Waals surface area contributed by atoms with Gasteiger partial charge in [0, 0.05) is 4.88 Å². The van der Waals surface area contributed by atoms with E-state index < -0.39 is 23.6 Å². The molecular weight excluding hydrogens is 624 g/mol. The molecule has 1 aliphatic rings. The van der Waals surface area contributed by atoms with Crippen molar-refractivity contribution in [3.8, 4) is 5.69 Å². The third-order valence-corrected chi connectivity index (χ3v) is 9.53. The number of carbonyl (C=O) groups excluding carboxylic acids is 3. The third-order valence-electron chi connectivity index (χ3n) is 6.52. The second-order valence-electron chi connectivity index (χ2n) is 9.41. The van der Waals surface area contributed by atoms with Gasteiger partial charge in [0.1, 0.15) is 5.00 Å². The smallest absolute Gasteiger partial charge is 0.416 e. The van der Waals surface area contributed by atoms with Crippen molar-refractivity contribution in [1.29, 1.82) is 0 Å². The Morgan fingerprint density at radius 3 is 2.67 bits per heavy atom. The van der Waals surface area contributed by atoms with Crippen molar-refractivity contribution < 1.29 is 32.3 Å². The Morgan fingerprint density at radius 1 is 1.12 bits per heavy atom. The van der Waals surface area contributed by atoms with Crippen molar-refractivity contribution >= 4 is 57.2 Å². The quantitative estimate of drug-likeness (QED) is 0.157. The van der Waals surface area contributed by atoms with E-state index in [9.17, 15) is 27.6 Å². The maximum Gasteiger partial charge on any atom is 0.416 e. The number of carbonyl (C=O) groups is 3. The minimum atomic E-state index is -4.58. The molecule has 0 saturated carbocycles. The lowest BCUT2D eigenvalue weighted by Gasteiger charge is -2.13. The highest BCUT2D eigenvalue weighted by Crippen LogP contribution is 2.39. The molecule has 0 spiro atoms. The molecule has 0 fully saturated rings. The molecule has 9 nitrogen and oxygen atoms in total. The number of aromatic nitrogens is 3. The average molecular weight is 650 g/mol. The topological polar surface area (TPSA) is 115 Å². The van der Waals surface area contributed by atoms with Crippen LogP contribution in [-0.2, 0) is 35.1 Å². The van der Waals surface area contributed by atoms with Gasteiger partial charge < -0.3 is 15.4 Å². The highest BCUT2D eigenvalue weighted by molar-refractivity contribution is 7.99. The van der Waals surface area contributed by atoms with Crippen LogP contribution in [-0.4, -0.2) is 44.9 Å². The number of benzene rings is 1. The monoisotopic (exact) mass is 649 g/mol. The van der Waals surface area contributed by atoms with Crippen molar-refractivity contribution in [2.75, 3.05) is 17.7 Å². The maximum atomic E-state index is 13.5. The lowest BCUT2D eigenvalue weighted by molar-refractivity contribution is -0.137. The number of ether oxygens (including phenoxy) is 1. The Bertz CT molecular complexity index is 1630. The molecule has 0 aliphatic heterocycles. The fourth-order valence-corrected chi connectivity index (χ4v) is 7.31. The van der Waals surface area contributed by atoms with E-state index in [1.807, 2.05) is 0 Å². The summed E-state index contributed by atoms with van der Waals surface area (Å²) in [4.78, 5) is 39.8. The number of thiophene rings is 2. The molecular formula is C28H26F3N5O4S3. The summed E-state index contributed by atoms with van der Waals surface area (Å²) in [6, 6.07) is 8.02. The van der Waals surface area contributed by atoms with Crippen LogP contribution in [0.15, 0.2) is 46.9 Å². The maximum absolute atomic E-state index is 13.5. The van der Waals surface area contributed by atoms with Crippen LogP contribution in [0.2, 0.25) is 0 Å². The van der Waals surface area contributed by atoms with Gasteiger partial charge in [0.25, 0.3) is 5.91 Å². The SMILES string of the molecule is CCOC(=O)c1c(NC(=O)CSc2nnc(CNC(=O)c3cccs3)n2-c2cccc(C(F)(F)F)c2)sc2c1CCCC2. The Morgan fingerprint density at radius 2 is 1.93 bits per heavy atom. The highest BCUT2D eigenvalue weighted by Gasteiger charge is 2.31. The minimum absolute atomic E-state index is 0.115. The Hall–Kier alpha value is -3.69. The van der Waals surface area contributed by atoms with Gasteiger partial charge in [0.05, 0.1) is 40.6 Å². The fraction of sp³-hybridized carbons (Fsp3) is 0.321. The predicted octanol–water partition coefficient (Wildman–Crippen LogP) is 6.13. The zero-order valence-corrected chi connectivity index (χ0v) is 25.3. The summed E-state index contributed by atoms with van der Waals surface area (Å²) < 4.78 is 47.2. The van der Waals surface area contributed by atoms with E-state index >= 15 is 0 Å². The fourth-order valence-electron chi connectivity index (χ4n) is 4.61. The zero-order chi connectivity index (χ0) is 30.6. The second kappa shape index (κ2) is 13.3. The number of halogens is 3. The molecule has 0 radical (unpaired) electrons. The van der Waals surface area contributed by atoms with Crippen LogP contribution < -0.4 is 10.6 Å². The van der Waals surface area contributed by atoms with E-state index in [0.29, 0.717) is 15.4 Å². The van der Waals surface area contributed by atoms with E-state index in [1.54, 1.807) is 24.4 Å². The van der Waals surface area contributed by atoms with Crippen LogP contribution in [0.4, 0.5) is 18.2 Å². The molecule has 1 aromatic carbocycles. The summed E-state index contributed by atoms with van der Waals surface area (Å²) in [5, 5.41) is 16.1. The van der Waals surface area contributed by atoms with Crippen LogP contribution in [0.1, 0.15) is 61.6 Å². The molecule has 5 rings (SSSR count). The van der Waals surface area contributed by atoms with Gasteiger partial charge in [-0.15, -0.1) is 32.9 Å². The van der Waals surface area contributed by atoms with Crippen LogP contribution in [0, 0.1) is 0 Å². The molecule has 15 heteroatoms. The first-order valence-corrected chi connectivity index (χ1v) is 16.0. The molecule has 2 amide bonds. The molecule has 1 aliphatic carbocycles. The van der Waals surface area contributed by atoms with Gasteiger partial charge in [-0.1, -0.05) is 23.9 Å². The van der Waals surface area contributed by atoms with Crippen LogP contribution in [0.5, 0.6) is 0 Å². The highest BCUT2D eigenvalue weighted by atomic mass is 32.2. The second-order valence-corrected chi connectivity index (χ2v) is 12.4. The number of aryl methyl sites for hydroxylation is 1. The molecule has 3 heterocycles. The summed E-state index contributed by atoms with van der Waals surface area (Å²) in [5.74, 6) is -1.26. The number of anilines is 1. The van der Waals surface area contributed by atoms with Crippen LogP contribution in [0.3, 0.4) is 0 Å². The molecule has 43 heavy (non-hydrogen) atoms. The van der Waals surface area contributed by atoms with E-state index in [4.69, 9.17) is 4.74 Å². The molecule has 0 atom stereocenters. The molecule has 0 unspecified atom stereocenters. The summed E-state index contributed by atoms with van der Waals surface area (Å²) in [6.07, 6.45) is -1.08. The standard InChI is InChI=1S/C28H26F3N5O4S3/c1-2-40-26(39)23-18-9-3-4-10-19(18)43-25(23)33-22(37)15-42-27-35-34-21(14-32-24(38)20-11-6-12-41-20)36(27)17-8-5-7-16(13-17)28(29,30)31/h5-8,11-13H,2-4,9-10,14-15H2,1H3,(H,32,38)(H,33,37). The van der Waals surface area contributed by atoms with Crippen LogP contribution >= 0.6 is 34.4 Å². The summed E-state index contributed by atoms with van der Waals surface area (Å²) >= 11 is 3.58. The number of nitrogens with zero attached hydrogens (tertiary/aromatic N) is 3. The normalized spacial score (nSPS) is 12.9. The van der Waals surface area contributed by atoms with Gasteiger partial charge in [0.2, 0.25) is 5.91 Å². The Labute approximate surface area is 256 Å². The van der Waals surface area contributed by atoms with Gasteiger partial charge in [-0.25, -0.2) is 4.79 Å². The van der Waals surface area contributed by atoms with Crippen molar-refractivity contribution in [2.45, 2.75) is 50.5 Å². The number of esters is 1. The Balaban J connectivity index is 1.37. The number of hydrogen-bond acceptors (Lipinski definition) is 9. The molecule has 4 aromatic rings. The Kier molecular flexibility index (Phi) is 9.52. The lowest BCUT2D eigenvalue weighted by Crippen LogP contribution is -2.24. The number of fused-ring (bicyclic) bond motifs is 1. The number of amides is 2. The molecule has 0 saturated heterocycles. The number of hydrogen-bond donors (Lipinski definition) is 2. The third kappa shape index (κ3) is 7.11. The van der Waals surface area contributed by atoms with Gasteiger partial charge in [0.15, 0.2) is 11.0 Å². The van der Waals surface area contributed by atoms with E-state index in [-0.39, 0.29) is 41.5 Å². The minimum Gasteiger partial charge on any atom is -0.462 e. The number of rotatable bonds is 10. The molecule has 226 valence electrons. The largest absolute Gasteiger partial charge is 0.462 e. The van der Waals surface area contributed by atoms with E-state index in [1.165, 1.54) is 39.4 Å². The van der Waals surface area contributed by atoms with E-state index in [0.717, 1.165) is 60.0 Å². The number of nitrogens with one attached hydrogen (secondary N) is 2. The van der Waals surface area contributed by atoms with Crippen LogP contribution in [0.25, 0.3) is 5.69 Å². The van der Waals surface area contributed by atoms with Gasteiger partial charge >= 0.3 is 12.1 Å². The number of thioether (sulfide) groups is 1. The van der Waals surface area contributed by atoms with Crippen molar-refractivity contribution in [2.24, 2.45) is 0 Å². The first-order chi connectivity index (χ1) is 20.7.